The Morgan fingerprint density at radius 2 is 1.95 bits per heavy atom. The predicted octanol–water partition coefficient (Wildman–Crippen LogP) is 4.75. The molecule has 3 aromatic rings. The first-order chi connectivity index (χ1) is 10.7. The average Bonchev–Trinajstić information content (AvgIpc) is 2.54. The van der Waals surface area contributed by atoms with Gasteiger partial charge in [0.05, 0.1) is 17.4 Å². The van der Waals surface area contributed by atoms with Crippen molar-refractivity contribution >= 4 is 38.6 Å². The predicted molar refractivity (Wildman–Crippen MR) is 89.7 cm³/mol. The van der Waals surface area contributed by atoms with E-state index in [1.165, 1.54) is 0 Å². The Balaban J connectivity index is 1.66. The molecule has 0 aliphatic rings. The third kappa shape index (κ3) is 3.43. The molecule has 0 saturated carbocycles. The van der Waals surface area contributed by atoms with Crippen LogP contribution in [0.5, 0.6) is 0 Å². The van der Waals surface area contributed by atoms with E-state index in [1.807, 2.05) is 54.6 Å². The number of rotatable bonds is 3. The van der Waals surface area contributed by atoms with Crippen LogP contribution in [0.1, 0.15) is 5.56 Å². The molecular weight excluding hydrogens is 344 g/mol. The number of pyridine rings is 1. The standard InChI is InChI=1S/C17H13BrN2O2/c18-15-8-4-7-13-9-14(10-19-16(13)15)20-17(21)22-11-12-5-2-1-3-6-12/h1-10H,11H2,(H,20,21). The van der Waals surface area contributed by atoms with Crippen molar-refractivity contribution in [2.45, 2.75) is 6.61 Å². The van der Waals surface area contributed by atoms with Gasteiger partial charge >= 0.3 is 6.09 Å². The third-order valence-electron chi connectivity index (χ3n) is 3.12. The number of halogens is 1. The van der Waals surface area contributed by atoms with Crippen LogP contribution in [0.4, 0.5) is 10.5 Å². The molecule has 4 nitrogen and oxygen atoms in total. The lowest BCUT2D eigenvalue weighted by atomic mass is 10.2. The topological polar surface area (TPSA) is 51.2 Å². The van der Waals surface area contributed by atoms with Gasteiger partial charge in [0, 0.05) is 9.86 Å². The van der Waals surface area contributed by atoms with Gasteiger partial charge in [-0.3, -0.25) is 10.3 Å². The van der Waals surface area contributed by atoms with Crippen LogP contribution in [-0.2, 0) is 11.3 Å². The number of ether oxygens (including phenoxy) is 1. The molecule has 110 valence electrons. The Morgan fingerprint density at radius 1 is 1.14 bits per heavy atom. The van der Waals surface area contributed by atoms with Crippen LogP contribution in [-0.4, -0.2) is 11.1 Å². The molecule has 1 amide bonds. The van der Waals surface area contributed by atoms with Crippen LogP contribution in [0.15, 0.2) is 65.3 Å². The van der Waals surface area contributed by atoms with Gasteiger partial charge in [-0.15, -0.1) is 0 Å². The number of aromatic nitrogens is 1. The highest BCUT2D eigenvalue weighted by molar-refractivity contribution is 9.10. The first-order valence-electron chi connectivity index (χ1n) is 6.74. The van der Waals surface area contributed by atoms with Crippen LogP contribution in [0.25, 0.3) is 10.9 Å². The molecule has 1 heterocycles. The number of carbonyl (C=O) groups excluding carboxylic acids is 1. The van der Waals surface area contributed by atoms with Crippen LogP contribution in [0, 0.1) is 0 Å². The smallest absolute Gasteiger partial charge is 0.412 e. The second-order valence-corrected chi connectivity index (χ2v) is 5.58. The number of hydrogen-bond acceptors (Lipinski definition) is 3. The third-order valence-corrected chi connectivity index (χ3v) is 3.76. The number of hydrogen-bond donors (Lipinski definition) is 1. The quantitative estimate of drug-likeness (QED) is 0.736. The summed E-state index contributed by atoms with van der Waals surface area (Å²) >= 11 is 3.45. The van der Waals surface area contributed by atoms with Crippen molar-refractivity contribution in [1.29, 1.82) is 0 Å². The van der Waals surface area contributed by atoms with Crippen molar-refractivity contribution in [1.82, 2.24) is 4.98 Å². The lowest BCUT2D eigenvalue weighted by molar-refractivity contribution is 0.155. The zero-order valence-electron chi connectivity index (χ0n) is 11.6. The minimum Gasteiger partial charge on any atom is -0.444 e. The number of carbonyl (C=O) groups is 1. The molecule has 0 aliphatic heterocycles. The first-order valence-corrected chi connectivity index (χ1v) is 7.53. The fraction of sp³-hybridized carbons (Fsp3) is 0.0588. The summed E-state index contributed by atoms with van der Waals surface area (Å²) < 4.78 is 6.10. The van der Waals surface area contributed by atoms with E-state index in [2.05, 4.69) is 26.2 Å². The lowest BCUT2D eigenvalue weighted by Gasteiger charge is -2.08. The minimum absolute atomic E-state index is 0.235. The zero-order chi connectivity index (χ0) is 15.4. The Bertz CT molecular complexity index is 806. The average molecular weight is 357 g/mol. The molecule has 0 atom stereocenters. The Labute approximate surface area is 136 Å². The van der Waals surface area contributed by atoms with Crippen molar-refractivity contribution in [3.63, 3.8) is 0 Å². The fourth-order valence-electron chi connectivity index (χ4n) is 2.07. The highest BCUT2D eigenvalue weighted by Gasteiger charge is 2.06. The first kappa shape index (κ1) is 14.5. The maximum atomic E-state index is 11.8. The van der Waals surface area contributed by atoms with Gasteiger partial charge in [0.25, 0.3) is 0 Å². The van der Waals surface area contributed by atoms with Gasteiger partial charge in [-0.1, -0.05) is 42.5 Å². The number of amides is 1. The summed E-state index contributed by atoms with van der Waals surface area (Å²) in [7, 11) is 0. The molecule has 1 N–H and O–H groups in total. The number of para-hydroxylation sites is 1. The molecule has 1 aromatic heterocycles. The molecule has 2 aromatic carbocycles. The van der Waals surface area contributed by atoms with Gasteiger partial charge in [-0.05, 0) is 33.6 Å². The molecule has 5 heteroatoms. The molecule has 0 unspecified atom stereocenters. The maximum Gasteiger partial charge on any atom is 0.412 e. The summed E-state index contributed by atoms with van der Waals surface area (Å²) in [5, 5.41) is 3.62. The molecule has 0 spiro atoms. The number of nitrogens with one attached hydrogen (secondary N) is 1. The summed E-state index contributed by atoms with van der Waals surface area (Å²) in [6.45, 7) is 0.235. The van der Waals surface area contributed by atoms with E-state index in [0.29, 0.717) is 5.69 Å². The summed E-state index contributed by atoms with van der Waals surface area (Å²) in [4.78, 5) is 16.2. The van der Waals surface area contributed by atoms with E-state index in [9.17, 15) is 4.79 Å². The summed E-state index contributed by atoms with van der Waals surface area (Å²) in [5.41, 5.74) is 2.40. The lowest BCUT2D eigenvalue weighted by Crippen LogP contribution is -2.13. The van der Waals surface area contributed by atoms with Gasteiger partial charge in [0.1, 0.15) is 6.61 Å². The second kappa shape index (κ2) is 6.58. The largest absolute Gasteiger partial charge is 0.444 e. The van der Waals surface area contributed by atoms with E-state index in [-0.39, 0.29) is 6.61 Å². The molecule has 3 rings (SSSR count). The minimum atomic E-state index is -0.500. The van der Waals surface area contributed by atoms with E-state index in [4.69, 9.17) is 4.74 Å². The van der Waals surface area contributed by atoms with Gasteiger partial charge < -0.3 is 4.74 Å². The summed E-state index contributed by atoms with van der Waals surface area (Å²) in [6.07, 6.45) is 1.11. The second-order valence-electron chi connectivity index (χ2n) is 4.72. The van der Waals surface area contributed by atoms with E-state index < -0.39 is 6.09 Å². The molecule has 0 fully saturated rings. The van der Waals surface area contributed by atoms with Gasteiger partial charge in [0.15, 0.2) is 0 Å². The van der Waals surface area contributed by atoms with Gasteiger partial charge in [0.2, 0.25) is 0 Å². The van der Waals surface area contributed by atoms with Crippen molar-refractivity contribution < 1.29 is 9.53 Å². The van der Waals surface area contributed by atoms with Crippen molar-refractivity contribution in [3.05, 3.63) is 70.8 Å². The van der Waals surface area contributed by atoms with Crippen molar-refractivity contribution in [3.8, 4) is 0 Å². The van der Waals surface area contributed by atoms with Crippen molar-refractivity contribution in [2.75, 3.05) is 5.32 Å². The van der Waals surface area contributed by atoms with Gasteiger partial charge in [-0.2, -0.15) is 0 Å². The normalized spacial score (nSPS) is 10.4. The highest BCUT2D eigenvalue weighted by Crippen LogP contribution is 2.23. The SMILES string of the molecule is O=C(Nc1cnc2c(Br)cccc2c1)OCc1ccccc1. The number of anilines is 1. The monoisotopic (exact) mass is 356 g/mol. The Morgan fingerprint density at radius 3 is 2.77 bits per heavy atom. The molecular formula is C17H13BrN2O2. The van der Waals surface area contributed by atoms with Crippen LogP contribution >= 0.6 is 15.9 Å². The summed E-state index contributed by atoms with van der Waals surface area (Å²) in [6, 6.07) is 17.2. The molecule has 0 saturated heterocycles. The molecule has 0 radical (unpaired) electrons. The highest BCUT2D eigenvalue weighted by atomic mass is 79.9. The van der Waals surface area contributed by atoms with Crippen LogP contribution in [0.2, 0.25) is 0 Å². The molecule has 0 bridgehead atoms. The maximum absolute atomic E-state index is 11.8. The van der Waals surface area contributed by atoms with E-state index in [1.54, 1.807) is 6.20 Å². The molecule has 0 aliphatic carbocycles. The summed E-state index contributed by atoms with van der Waals surface area (Å²) in [5.74, 6) is 0. The number of fused-ring (bicyclic) bond motifs is 1. The number of benzene rings is 2. The number of nitrogens with zero attached hydrogens (tertiary/aromatic N) is 1. The zero-order valence-corrected chi connectivity index (χ0v) is 13.2. The Kier molecular flexibility index (Phi) is 4.34. The van der Waals surface area contributed by atoms with E-state index in [0.717, 1.165) is 20.9 Å². The van der Waals surface area contributed by atoms with Crippen LogP contribution in [0.3, 0.4) is 0 Å². The van der Waals surface area contributed by atoms with Crippen LogP contribution < -0.4 is 5.32 Å². The van der Waals surface area contributed by atoms with Gasteiger partial charge in [-0.25, -0.2) is 4.79 Å². The van der Waals surface area contributed by atoms with Crippen molar-refractivity contribution in [2.24, 2.45) is 0 Å². The van der Waals surface area contributed by atoms with E-state index >= 15 is 0 Å². The molecule has 22 heavy (non-hydrogen) atoms. The Hall–Kier alpha value is -2.40. The fourth-order valence-corrected chi connectivity index (χ4v) is 2.55.